The number of nitrogens with two attached hydrogens (primary N) is 1. The van der Waals surface area contributed by atoms with Crippen LogP contribution in [0.4, 0.5) is 11.4 Å². The average molecular weight is 328 g/mol. The van der Waals surface area contributed by atoms with Crippen LogP contribution in [0.2, 0.25) is 0 Å². The van der Waals surface area contributed by atoms with Gasteiger partial charge in [-0.2, -0.15) is 9.98 Å². The predicted molar refractivity (Wildman–Crippen MR) is 87.7 cm³/mol. The van der Waals surface area contributed by atoms with Gasteiger partial charge in [-0.05, 0) is 12.1 Å². The van der Waals surface area contributed by atoms with E-state index in [1.54, 1.807) is 6.07 Å². The van der Waals surface area contributed by atoms with Gasteiger partial charge in [-0.1, -0.05) is 0 Å². The number of aliphatic imine (C=N–C) groups is 3. The molecule has 0 radical (unpaired) electrons. The first-order valence-electron chi connectivity index (χ1n) is 6.80. The van der Waals surface area contributed by atoms with E-state index in [9.17, 15) is 14.9 Å². The number of guanidine groups is 1. The van der Waals surface area contributed by atoms with Crippen molar-refractivity contribution < 1.29 is 14.5 Å². The van der Waals surface area contributed by atoms with Gasteiger partial charge in [0.15, 0.2) is 5.84 Å². The van der Waals surface area contributed by atoms with Gasteiger partial charge in [0.05, 0.1) is 23.7 Å². The molecule has 1 amide bonds. The fourth-order valence-electron chi connectivity index (χ4n) is 2.29. The molecule has 3 rings (SSSR count). The smallest absolute Gasteiger partial charge is 0.296 e. The minimum atomic E-state index is -0.531. The highest BCUT2D eigenvalue weighted by molar-refractivity contribution is 6.34. The third-order valence-corrected chi connectivity index (χ3v) is 3.41. The summed E-state index contributed by atoms with van der Waals surface area (Å²) in [7, 11) is 1.43. The van der Waals surface area contributed by atoms with E-state index in [4.69, 9.17) is 10.5 Å². The van der Waals surface area contributed by atoms with Crippen LogP contribution in [0.5, 0.6) is 5.75 Å². The van der Waals surface area contributed by atoms with E-state index in [0.29, 0.717) is 17.0 Å². The van der Waals surface area contributed by atoms with Crippen molar-refractivity contribution in [1.82, 2.24) is 0 Å². The van der Waals surface area contributed by atoms with Crippen LogP contribution in [-0.2, 0) is 4.79 Å². The lowest BCUT2D eigenvalue weighted by Crippen LogP contribution is -2.23. The second kappa shape index (κ2) is 5.91. The molecule has 2 aliphatic rings. The summed E-state index contributed by atoms with van der Waals surface area (Å²) in [5, 5.41) is 14.1. The van der Waals surface area contributed by atoms with Crippen LogP contribution in [0.1, 0.15) is 0 Å². The van der Waals surface area contributed by atoms with Crippen molar-refractivity contribution in [3.05, 3.63) is 39.5 Å². The molecule has 0 unspecified atom stereocenters. The molecule has 2 aliphatic heterocycles. The number of nitro groups is 1. The quantitative estimate of drug-likeness (QED) is 0.599. The second-order valence-electron chi connectivity index (χ2n) is 4.86. The zero-order valence-corrected chi connectivity index (χ0v) is 12.5. The number of nitrogens with zero attached hydrogens (tertiary/aromatic N) is 4. The van der Waals surface area contributed by atoms with Crippen LogP contribution in [0.15, 0.2) is 44.3 Å². The summed E-state index contributed by atoms with van der Waals surface area (Å²) in [6.45, 7) is 0.145. The molecule has 10 nitrogen and oxygen atoms in total. The Morgan fingerprint density at radius 3 is 2.88 bits per heavy atom. The number of ether oxygens (including phenoxy) is 1. The van der Waals surface area contributed by atoms with Crippen molar-refractivity contribution in [2.45, 2.75) is 0 Å². The van der Waals surface area contributed by atoms with Crippen molar-refractivity contribution >= 4 is 35.3 Å². The van der Waals surface area contributed by atoms with E-state index in [2.05, 4.69) is 20.3 Å². The van der Waals surface area contributed by atoms with Crippen LogP contribution in [0.3, 0.4) is 0 Å². The van der Waals surface area contributed by atoms with Gasteiger partial charge in [0.2, 0.25) is 5.96 Å². The van der Waals surface area contributed by atoms with Crippen LogP contribution >= 0.6 is 0 Å². The molecule has 0 atom stereocenters. The molecule has 3 N–H and O–H groups in total. The van der Waals surface area contributed by atoms with E-state index in [1.807, 2.05) is 0 Å². The lowest BCUT2D eigenvalue weighted by Gasteiger charge is -2.10. The molecule has 1 aromatic carbocycles. The molecular formula is C14H12N6O4. The maximum Gasteiger partial charge on any atom is 0.296 e. The fourth-order valence-corrected chi connectivity index (χ4v) is 2.29. The van der Waals surface area contributed by atoms with E-state index in [1.165, 1.54) is 25.5 Å². The van der Waals surface area contributed by atoms with E-state index in [0.717, 1.165) is 0 Å². The SMILES string of the molecule is COc1ccc(NCC2=C3C(=O)N=C(N)N=C3N=C2)c([N+](=O)[O-])c1. The Kier molecular flexibility index (Phi) is 3.78. The largest absolute Gasteiger partial charge is 0.496 e. The molecule has 0 spiro atoms. The van der Waals surface area contributed by atoms with Crippen molar-refractivity contribution in [2.75, 3.05) is 19.0 Å². The number of hydrogen-bond acceptors (Lipinski definition) is 8. The third kappa shape index (κ3) is 2.72. The molecule has 2 heterocycles. The number of nitrogens with one attached hydrogen (secondary N) is 1. The summed E-state index contributed by atoms with van der Waals surface area (Å²) in [4.78, 5) is 34.1. The molecule has 0 saturated heterocycles. The van der Waals surface area contributed by atoms with Crippen molar-refractivity contribution in [3.63, 3.8) is 0 Å². The highest BCUT2D eigenvalue weighted by Crippen LogP contribution is 2.29. The van der Waals surface area contributed by atoms with Gasteiger partial charge < -0.3 is 15.8 Å². The number of nitro benzene ring substituents is 1. The maximum atomic E-state index is 11.9. The van der Waals surface area contributed by atoms with Crippen LogP contribution < -0.4 is 15.8 Å². The van der Waals surface area contributed by atoms with Gasteiger partial charge in [0, 0.05) is 18.3 Å². The van der Waals surface area contributed by atoms with Gasteiger partial charge in [-0.3, -0.25) is 14.9 Å². The van der Waals surface area contributed by atoms with Crippen LogP contribution in [-0.4, -0.2) is 42.5 Å². The Hall–Kier alpha value is -3.56. The van der Waals surface area contributed by atoms with Gasteiger partial charge >= 0.3 is 0 Å². The Labute approximate surface area is 135 Å². The first kappa shape index (κ1) is 15.3. The van der Waals surface area contributed by atoms with E-state index < -0.39 is 10.8 Å². The van der Waals surface area contributed by atoms with E-state index >= 15 is 0 Å². The average Bonchev–Trinajstić information content (AvgIpc) is 2.95. The molecule has 0 saturated carbocycles. The molecule has 0 aliphatic carbocycles. The van der Waals surface area contributed by atoms with Gasteiger partial charge in [-0.25, -0.2) is 4.99 Å². The van der Waals surface area contributed by atoms with Crippen LogP contribution in [0.25, 0.3) is 0 Å². The Balaban J connectivity index is 1.85. The van der Waals surface area contributed by atoms with Gasteiger partial charge in [0.25, 0.3) is 11.6 Å². The topological polar surface area (TPSA) is 145 Å². The number of methoxy groups -OCH3 is 1. The van der Waals surface area contributed by atoms with Crippen molar-refractivity contribution in [3.8, 4) is 5.75 Å². The standard InChI is InChI=1S/C14H12N6O4/c1-24-8-2-3-9(10(4-8)20(22)23)16-5-7-6-17-12-11(7)13(21)19-14(15)18-12/h2-4,6,16H,5H2,1H3,(H2,15,19,21). The lowest BCUT2D eigenvalue weighted by atomic mass is 10.1. The maximum absolute atomic E-state index is 11.9. The number of fused-ring (bicyclic) bond motifs is 1. The second-order valence-corrected chi connectivity index (χ2v) is 4.86. The summed E-state index contributed by atoms with van der Waals surface area (Å²) >= 11 is 0. The number of benzene rings is 1. The summed E-state index contributed by atoms with van der Waals surface area (Å²) < 4.78 is 4.98. The minimum Gasteiger partial charge on any atom is -0.496 e. The number of carbonyl (C=O) groups is 1. The fraction of sp³-hybridized carbons (Fsp3) is 0.143. The van der Waals surface area contributed by atoms with E-state index in [-0.39, 0.29) is 29.6 Å². The predicted octanol–water partition coefficient (Wildman–Crippen LogP) is 0.650. The molecule has 10 heteroatoms. The molecule has 24 heavy (non-hydrogen) atoms. The Morgan fingerprint density at radius 2 is 2.17 bits per heavy atom. The zero-order valence-electron chi connectivity index (χ0n) is 12.5. The van der Waals surface area contributed by atoms with Crippen LogP contribution in [0, 0.1) is 10.1 Å². The Morgan fingerprint density at radius 1 is 1.38 bits per heavy atom. The summed E-state index contributed by atoms with van der Waals surface area (Å²) in [6, 6.07) is 4.44. The number of hydrogen-bond donors (Lipinski definition) is 2. The number of carbonyl (C=O) groups excluding carboxylic acids is 1. The zero-order chi connectivity index (χ0) is 17.3. The van der Waals surface area contributed by atoms with Crippen molar-refractivity contribution in [2.24, 2.45) is 20.7 Å². The highest BCUT2D eigenvalue weighted by atomic mass is 16.6. The number of amidine groups is 1. The lowest BCUT2D eigenvalue weighted by molar-refractivity contribution is -0.384. The number of rotatable bonds is 5. The van der Waals surface area contributed by atoms with Gasteiger partial charge in [-0.15, -0.1) is 0 Å². The monoisotopic (exact) mass is 328 g/mol. The minimum absolute atomic E-state index is 0.138. The van der Waals surface area contributed by atoms with Gasteiger partial charge in [0.1, 0.15) is 11.4 Å². The molecule has 122 valence electrons. The summed E-state index contributed by atoms with van der Waals surface area (Å²) in [6.07, 6.45) is 1.46. The Bertz CT molecular complexity index is 868. The molecule has 0 aromatic heterocycles. The molecular weight excluding hydrogens is 316 g/mol. The molecule has 0 bridgehead atoms. The molecule has 0 fully saturated rings. The summed E-state index contributed by atoms with van der Waals surface area (Å²) in [5.74, 6) is -0.0983. The summed E-state index contributed by atoms with van der Waals surface area (Å²) in [5.41, 5.74) is 6.34. The normalized spacial score (nSPS) is 15.8. The van der Waals surface area contributed by atoms with Crippen molar-refractivity contribution in [1.29, 1.82) is 0 Å². The number of amides is 1. The first-order valence-corrected chi connectivity index (χ1v) is 6.80. The highest BCUT2D eigenvalue weighted by Gasteiger charge is 2.28. The number of anilines is 1. The first-order chi connectivity index (χ1) is 11.5. The molecule has 1 aromatic rings. The third-order valence-electron chi connectivity index (χ3n) is 3.41.